The molecular formula is C27H32ClFN8O2. The van der Waals surface area contributed by atoms with Crippen molar-refractivity contribution in [1.29, 1.82) is 0 Å². The highest BCUT2D eigenvalue weighted by atomic mass is 35.5. The first kappa shape index (κ1) is 27.1. The molecule has 1 aromatic heterocycles. The molecule has 2 fully saturated rings. The Bertz CT molecular complexity index is 1300. The predicted octanol–water partition coefficient (Wildman–Crippen LogP) is 3.75. The Kier molecular flexibility index (Phi) is 8.72. The van der Waals surface area contributed by atoms with Crippen LogP contribution in [0, 0.1) is 5.82 Å². The first-order valence-corrected chi connectivity index (χ1v) is 13.3. The van der Waals surface area contributed by atoms with Crippen LogP contribution in [0.5, 0.6) is 5.75 Å². The maximum atomic E-state index is 14.2. The van der Waals surface area contributed by atoms with Crippen LogP contribution < -0.4 is 15.6 Å². The number of rotatable bonds is 8. The van der Waals surface area contributed by atoms with Crippen molar-refractivity contribution < 1.29 is 14.2 Å². The van der Waals surface area contributed by atoms with Crippen LogP contribution in [0.2, 0.25) is 5.02 Å². The molecule has 2 aromatic carbocycles. The van der Waals surface area contributed by atoms with E-state index in [1.807, 2.05) is 12.1 Å². The molecule has 0 atom stereocenters. The zero-order chi connectivity index (χ0) is 27.2. The number of ether oxygens (including phenoxy) is 1. The normalized spacial score (nSPS) is 17.1. The highest BCUT2D eigenvalue weighted by Crippen LogP contribution is 2.35. The molecular weight excluding hydrogens is 523 g/mol. The fourth-order valence-electron chi connectivity index (χ4n) is 4.46. The summed E-state index contributed by atoms with van der Waals surface area (Å²) < 4.78 is 19.5. The van der Waals surface area contributed by atoms with Crippen molar-refractivity contribution in [3.05, 3.63) is 64.6 Å². The van der Waals surface area contributed by atoms with E-state index < -0.39 is 5.82 Å². The third-order valence-electron chi connectivity index (χ3n) is 6.79. The highest BCUT2D eigenvalue weighted by Gasteiger charge is 2.18. The molecule has 5 rings (SSSR count). The largest absolute Gasteiger partial charge is 0.506 e. The number of piperazine rings is 1. The van der Waals surface area contributed by atoms with Crippen molar-refractivity contribution in [3.63, 3.8) is 0 Å². The zero-order valence-electron chi connectivity index (χ0n) is 21.8. The van der Waals surface area contributed by atoms with Gasteiger partial charge in [0.15, 0.2) is 11.6 Å². The van der Waals surface area contributed by atoms with Crippen LogP contribution in [0.25, 0.3) is 0 Å². The van der Waals surface area contributed by atoms with E-state index in [1.165, 1.54) is 11.8 Å². The molecule has 2 aliphatic rings. The Hall–Kier alpha value is -3.51. The lowest BCUT2D eigenvalue weighted by Gasteiger charge is -2.32. The average molecular weight is 555 g/mol. The number of likely N-dealkylation sites (N-methyl/N-ethyl adjacent to an activating group) is 1. The van der Waals surface area contributed by atoms with E-state index >= 15 is 0 Å². The van der Waals surface area contributed by atoms with Gasteiger partial charge in [-0.2, -0.15) is 10.1 Å². The van der Waals surface area contributed by atoms with Crippen molar-refractivity contribution >= 4 is 41.0 Å². The van der Waals surface area contributed by atoms with Crippen LogP contribution in [0.1, 0.15) is 11.1 Å². The molecule has 0 amide bonds. The zero-order valence-corrected chi connectivity index (χ0v) is 22.5. The lowest BCUT2D eigenvalue weighted by Crippen LogP contribution is -2.43. The number of phenolic OH excluding ortho intramolecular Hbond substituents is 1. The Balaban J connectivity index is 1.19. The topological polar surface area (TPSA) is 101 Å². The van der Waals surface area contributed by atoms with Gasteiger partial charge in [0.2, 0.25) is 5.95 Å². The Labute approximate surface area is 232 Å². The minimum atomic E-state index is -0.511. The lowest BCUT2D eigenvalue weighted by atomic mass is 10.1. The van der Waals surface area contributed by atoms with Gasteiger partial charge >= 0.3 is 0 Å². The molecule has 2 saturated heterocycles. The number of nitrogens with zero attached hydrogens (tertiary/aromatic N) is 6. The minimum Gasteiger partial charge on any atom is -0.506 e. The van der Waals surface area contributed by atoms with Crippen LogP contribution in [-0.2, 0) is 11.3 Å². The number of nitrogens with one attached hydrogen (secondary N) is 2. The molecule has 206 valence electrons. The Morgan fingerprint density at radius 3 is 2.56 bits per heavy atom. The van der Waals surface area contributed by atoms with Gasteiger partial charge in [-0.3, -0.25) is 4.90 Å². The number of aromatic hydroxyl groups is 1. The van der Waals surface area contributed by atoms with Crippen LogP contribution in [-0.4, -0.2) is 90.6 Å². The maximum Gasteiger partial charge on any atom is 0.245 e. The molecule has 10 nitrogen and oxygen atoms in total. The monoisotopic (exact) mass is 554 g/mol. The summed E-state index contributed by atoms with van der Waals surface area (Å²) in [7, 11) is 2.15. The predicted molar refractivity (Wildman–Crippen MR) is 152 cm³/mol. The molecule has 3 heterocycles. The number of halogens is 2. The molecule has 12 heteroatoms. The smallest absolute Gasteiger partial charge is 0.245 e. The average Bonchev–Trinajstić information content (AvgIpc) is 2.96. The number of hydrogen-bond donors (Lipinski definition) is 3. The summed E-state index contributed by atoms with van der Waals surface area (Å²) in [5, 5.41) is 18.2. The van der Waals surface area contributed by atoms with E-state index in [4.69, 9.17) is 16.3 Å². The van der Waals surface area contributed by atoms with Crippen LogP contribution in [0.3, 0.4) is 0 Å². The van der Waals surface area contributed by atoms with Crippen LogP contribution >= 0.6 is 11.6 Å². The fourth-order valence-corrected chi connectivity index (χ4v) is 4.68. The van der Waals surface area contributed by atoms with Crippen molar-refractivity contribution in [1.82, 2.24) is 19.8 Å². The summed E-state index contributed by atoms with van der Waals surface area (Å²) in [6.45, 7) is 7.37. The van der Waals surface area contributed by atoms with Gasteiger partial charge in [0.25, 0.3) is 0 Å². The number of phenols is 1. The molecule has 3 aromatic rings. The molecule has 0 unspecified atom stereocenters. The van der Waals surface area contributed by atoms with Gasteiger partial charge in [0.1, 0.15) is 10.8 Å². The first-order valence-electron chi connectivity index (χ1n) is 12.9. The minimum absolute atomic E-state index is 0.118. The second-order valence-corrected chi connectivity index (χ2v) is 9.98. The maximum absolute atomic E-state index is 14.2. The van der Waals surface area contributed by atoms with E-state index in [2.05, 4.69) is 54.8 Å². The first-order chi connectivity index (χ1) is 19.0. The van der Waals surface area contributed by atoms with E-state index in [1.54, 1.807) is 17.0 Å². The fraction of sp³-hybridized carbons (Fsp3) is 0.370. The van der Waals surface area contributed by atoms with Crippen molar-refractivity contribution in [2.24, 2.45) is 5.10 Å². The number of hydrazone groups is 1. The van der Waals surface area contributed by atoms with E-state index in [9.17, 15) is 9.50 Å². The highest BCUT2D eigenvalue weighted by molar-refractivity contribution is 6.35. The molecule has 0 radical (unpaired) electrons. The Morgan fingerprint density at radius 2 is 1.82 bits per heavy atom. The molecule has 39 heavy (non-hydrogen) atoms. The van der Waals surface area contributed by atoms with E-state index in [0.717, 1.165) is 44.6 Å². The quantitative estimate of drug-likeness (QED) is 0.284. The van der Waals surface area contributed by atoms with Crippen LogP contribution in [0.4, 0.5) is 27.5 Å². The molecule has 0 bridgehead atoms. The third-order valence-corrected chi connectivity index (χ3v) is 7.17. The number of anilines is 4. The summed E-state index contributed by atoms with van der Waals surface area (Å²) in [4.78, 5) is 14.8. The lowest BCUT2D eigenvalue weighted by molar-refractivity contribution is 0.122. The summed E-state index contributed by atoms with van der Waals surface area (Å²) in [6, 6.07) is 11.7. The van der Waals surface area contributed by atoms with Crippen LogP contribution in [0.15, 0.2) is 47.7 Å². The molecule has 0 spiro atoms. The summed E-state index contributed by atoms with van der Waals surface area (Å²) in [5.41, 5.74) is 5.77. The van der Waals surface area contributed by atoms with Gasteiger partial charge in [-0.15, -0.1) is 0 Å². The van der Waals surface area contributed by atoms with Gasteiger partial charge in [-0.05, 0) is 36.9 Å². The summed E-state index contributed by atoms with van der Waals surface area (Å²) in [5.74, 6) is -0.301. The second kappa shape index (κ2) is 12.6. The number of aromatic nitrogens is 2. The van der Waals surface area contributed by atoms with Crippen molar-refractivity contribution in [2.75, 3.05) is 75.2 Å². The standard InChI is InChI=1S/C27H32ClFN8O2/c1-35-8-10-36(11-9-35)18-19-2-5-21(6-3-19)32-23-7-4-20(25(38)24(23)28)16-31-34-27-30-17-22(29)26(33-27)37-12-14-39-15-13-37/h2-7,16-17,32,38H,8-15,18H2,1H3,(H,30,33,34)/b31-16+. The summed E-state index contributed by atoms with van der Waals surface area (Å²) in [6.07, 6.45) is 2.50. The second-order valence-electron chi connectivity index (χ2n) is 9.60. The van der Waals surface area contributed by atoms with Gasteiger partial charge in [0, 0.05) is 57.1 Å². The third kappa shape index (κ3) is 6.93. The molecule has 2 aliphatic heterocycles. The summed E-state index contributed by atoms with van der Waals surface area (Å²) >= 11 is 6.45. The number of morpholine rings is 1. The van der Waals surface area contributed by atoms with Gasteiger partial charge < -0.3 is 25.0 Å². The van der Waals surface area contributed by atoms with Gasteiger partial charge in [0.05, 0.1) is 31.3 Å². The van der Waals surface area contributed by atoms with E-state index in [-0.39, 0.29) is 22.5 Å². The van der Waals surface area contributed by atoms with Crippen molar-refractivity contribution in [2.45, 2.75) is 6.54 Å². The molecule has 0 aliphatic carbocycles. The van der Waals surface area contributed by atoms with Gasteiger partial charge in [-0.25, -0.2) is 14.8 Å². The SMILES string of the molecule is CN1CCN(Cc2ccc(Nc3ccc(/C=N/Nc4ncc(F)c(N5CCOCC5)n4)c(O)c3Cl)cc2)CC1. The van der Waals surface area contributed by atoms with Crippen molar-refractivity contribution in [3.8, 4) is 5.75 Å². The number of hydrogen-bond acceptors (Lipinski definition) is 10. The van der Waals surface area contributed by atoms with Gasteiger partial charge in [-0.1, -0.05) is 23.7 Å². The van der Waals surface area contributed by atoms with E-state index in [0.29, 0.717) is 37.6 Å². The Morgan fingerprint density at radius 1 is 1.08 bits per heavy atom. The number of benzene rings is 2. The molecule has 3 N–H and O–H groups in total. The molecule has 0 saturated carbocycles.